The number of hydrogen-bond acceptors (Lipinski definition) is 1. The zero-order valence-corrected chi connectivity index (χ0v) is 26.5. The van der Waals surface area contributed by atoms with Crippen LogP contribution in [0.4, 0.5) is 17.1 Å². The number of rotatable bonds is 5. The van der Waals surface area contributed by atoms with Crippen LogP contribution in [0.1, 0.15) is 26.3 Å². The van der Waals surface area contributed by atoms with Gasteiger partial charge in [0.1, 0.15) is 0 Å². The molecule has 46 heavy (non-hydrogen) atoms. The van der Waals surface area contributed by atoms with Gasteiger partial charge in [-0.25, -0.2) is 0 Å². The van der Waals surface area contributed by atoms with Gasteiger partial charge in [0.05, 0.1) is 11.0 Å². The van der Waals surface area contributed by atoms with Crippen LogP contribution in [0.3, 0.4) is 0 Å². The Morgan fingerprint density at radius 2 is 0.978 bits per heavy atom. The Kier molecular flexibility index (Phi) is 6.73. The van der Waals surface area contributed by atoms with E-state index < -0.39 is 0 Å². The minimum Gasteiger partial charge on any atom is -0.311 e. The highest BCUT2D eigenvalue weighted by molar-refractivity contribution is 6.18. The van der Waals surface area contributed by atoms with Gasteiger partial charge in [-0.05, 0) is 82.1 Å². The summed E-state index contributed by atoms with van der Waals surface area (Å²) in [6, 6.07) is 59.4. The third-order valence-electron chi connectivity index (χ3n) is 9.15. The molecule has 1 aromatic heterocycles. The molecule has 2 heteroatoms. The van der Waals surface area contributed by atoms with Gasteiger partial charge in [0, 0.05) is 38.9 Å². The van der Waals surface area contributed by atoms with Crippen LogP contribution >= 0.6 is 0 Å². The molecule has 0 aliphatic rings. The number of aromatic nitrogens is 1. The van der Waals surface area contributed by atoms with E-state index in [2.05, 4.69) is 194 Å². The summed E-state index contributed by atoms with van der Waals surface area (Å²) in [6.07, 6.45) is 0. The lowest BCUT2D eigenvalue weighted by Crippen LogP contribution is -2.13. The van der Waals surface area contributed by atoms with Crippen molar-refractivity contribution in [3.8, 4) is 16.8 Å². The Morgan fingerprint density at radius 1 is 0.435 bits per heavy atom. The Balaban J connectivity index is 1.16. The molecule has 0 saturated heterocycles. The molecule has 0 spiro atoms. The highest BCUT2D eigenvalue weighted by Crippen LogP contribution is 2.39. The molecule has 0 fully saturated rings. The summed E-state index contributed by atoms with van der Waals surface area (Å²) in [6.45, 7) is 6.77. The summed E-state index contributed by atoms with van der Waals surface area (Å²) in [4.78, 5) is 2.33. The second kappa shape index (κ2) is 11.1. The quantitative estimate of drug-likeness (QED) is 0.193. The predicted octanol–water partition coefficient (Wildman–Crippen LogP) is 12.4. The van der Waals surface area contributed by atoms with E-state index in [1.807, 2.05) is 0 Å². The predicted molar refractivity (Wildman–Crippen MR) is 197 cm³/mol. The number of hydrogen-bond donors (Lipinski definition) is 0. The molecule has 8 rings (SSSR count). The number of para-hydroxylation sites is 2. The maximum atomic E-state index is 2.42. The first kappa shape index (κ1) is 27.9. The lowest BCUT2D eigenvalue weighted by molar-refractivity contribution is 0.590. The zero-order chi connectivity index (χ0) is 31.3. The van der Waals surface area contributed by atoms with Crippen molar-refractivity contribution in [3.05, 3.63) is 169 Å². The normalized spacial score (nSPS) is 11.8. The van der Waals surface area contributed by atoms with Crippen molar-refractivity contribution in [3.63, 3.8) is 0 Å². The van der Waals surface area contributed by atoms with Crippen LogP contribution in [-0.4, -0.2) is 4.57 Å². The summed E-state index contributed by atoms with van der Waals surface area (Å²) in [7, 11) is 0. The standard InChI is InChI=1S/C44H36N2/c1-44(2,3)34-22-28-37(29-23-34)45(35-12-5-4-6-13-35)36-24-17-31(18-25-36)32-19-26-38(27-20-32)46-42-16-10-9-15-40(42)41-30-21-33-11-7-8-14-39(33)43(41)46/h4-30H,1-3H3. The molecule has 0 aliphatic carbocycles. The Hall–Kier alpha value is -5.60. The van der Waals surface area contributed by atoms with Crippen LogP contribution in [0.25, 0.3) is 49.4 Å². The van der Waals surface area contributed by atoms with Gasteiger partial charge in [-0.3, -0.25) is 0 Å². The monoisotopic (exact) mass is 592 g/mol. The number of fused-ring (bicyclic) bond motifs is 5. The SMILES string of the molecule is CC(C)(C)c1ccc(N(c2ccccc2)c2ccc(-c3ccc(-n4c5ccccc5c5ccc6ccccc6c54)cc3)cc2)cc1. The molecular weight excluding hydrogens is 556 g/mol. The summed E-state index contributed by atoms with van der Waals surface area (Å²) in [5, 5.41) is 5.08. The van der Waals surface area contributed by atoms with Crippen molar-refractivity contribution in [1.29, 1.82) is 0 Å². The van der Waals surface area contributed by atoms with E-state index in [9.17, 15) is 0 Å². The number of anilines is 3. The van der Waals surface area contributed by atoms with Crippen molar-refractivity contribution in [2.45, 2.75) is 26.2 Å². The molecule has 0 saturated carbocycles. The molecule has 222 valence electrons. The molecule has 0 atom stereocenters. The van der Waals surface area contributed by atoms with Crippen molar-refractivity contribution in [1.82, 2.24) is 4.57 Å². The van der Waals surface area contributed by atoms with Gasteiger partial charge >= 0.3 is 0 Å². The molecule has 0 amide bonds. The second-order valence-corrected chi connectivity index (χ2v) is 13.1. The van der Waals surface area contributed by atoms with E-state index in [-0.39, 0.29) is 5.41 Å². The van der Waals surface area contributed by atoms with E-state index in [4.69, 9.17) is 0 Å². The zero-order valence-electron chi connectivity index (χ0n) is 26.5. The number of benzene rings is 7. The maximum Gasteiger partial charge on any atom is 0.0619 e. The largest absolute Gasteiger partial charge is 0.311 e. The third kappa shape index (κ3) is 4.83. The van der Waals surface area contributed by atoms with Gasteiger partial charge in [-0.15, -0.1) is 0 Å². The molecule has 1 heterocycles. The maximum absolute atomic E-state index is 2.42. The molecule has 0 unspecified atom stereocenters. The summed E-state index contributed by atoms with van der Waals surface area (Å²) < 4.78 is 2.42. The highest BCUT2D eigenvalue weighted by atomic mass is 15.1. The van der Waals surface area contributed by atoms with Crippen LogP contribution in [-0.2, 0) is 5.41 Å². The fourth-order valence-electron chi connectivity index (χ4n) is 6.74. The average molecular weight is 593 g/mol. The molecule has 2 nitrogen and oxygen atoms in total. The van der Waals surface area contributed by atoms with Crippen LogP contribution in [0.2, 0.25) is 0 Å². The van der Waals surface area contributed by atoms with E-state index in [0.29, 0.717) is 0 Å². The van der Waals surface area contributed by atoms with Crippen molar-refractivity contribution in [2.75, 3.05) is 4.90 Å². The summed E-state index contributed by atoms with van der Waals surface area (Å²) in [5.41, 5.74) is 10.9. The molecular formula is C44H36N2. The van der Waals surface area contributed by atoms with Gasteiger partial charge in [-0.2, -0.15) is 0 Å². The Morgan fingerprint density at radius 3 is 1.65 bits per heavy atom. The van der Waals surface area contributed by atoms with Gasteiger partial charge in [0.2, 0.25) is 0 Å². The lowest BCUT2D eigenvalue weighted by atomic mass is 9.87. The molecule has 7 aromatic carbocycles. The molecule has 0 aliphatic heterocycles. The smallest absolute Gasteiger partial charge is 0.0619 e. The fraction of sp³-hybridized carbons (Fsp3) is 0.0909. The Bertz CT molecular complexity index is 2300. The molecule has 0 radical (unpaired) electrons. The minimum absolute atomic E-state index is 0.114. The van der Waals surface area contributed by atoms with Gasteiger partial charge in [-0.1, -0.05) is 130 Å². The van der Waals surface area contributed by atoms with Crippen LogP contribution in [0.15, 0.2) is 164 Å². The van der Waals surface area contributed by atoms with Crippen molar-refractivity contribution < 1.29 is 0 Å². The van der Waals surface area contributed by atoms with Crippen LogP contribution in [0, 0.1) is 0 Å². The van der Waals surface area contributed by atoms with Crippen LogP contribution < -0.4 is 4.90 Å². The molecule has 8 aromatic rings. The summed E-state index contributed by atoms with van der Waals surface area (Å²) >= 11 is 0. The second-order valence-electron chi connectivity index (χ2n) is 13.1. The van der Waals surface area contributed by atoms with Gasteiger partial charge < -0.3 is 9.47 Å². The topological polar surface area (TPSA) is 8.17 Å². The van der Waals surface area contributed by atoms with Gasteiger partial charge in [0.25, 0.3) is 0 Å². The minimum atomic E-state index is 0.114. The van der Waals surface area contributed by atoms with E-state index in [1.54, 1.807) is 0 Å². The molecule has 0 N–H and O–H groups in total. The summed E-state index contributed by atoms with van der Waals surface area (Å²) in [5.74, 6) is 0. The average Bonchev–Trinajstić information content (AvgIpc) is 3.44. The first-order valence-electron chi connectivity index (χ1n) is 16.0. The number of nitrogens with zero attached hydrogens (tertiary/aromatic N) is 2. The first-order valence-corrected chi connectivity index (χ1v) is 16.0. The fourth-order valence-corrected chi connectivity index (χ4v) is 6.74. The Labute approximate surface area is 270 Å². The van der Waals surface area contributed by atoms with Gasteiger partial charge in [0.15, 0.2) is 0 Å². The highest BCUT2D eigenvalue weighted by Gasteiger charge is 2.17. The third-order valence-corrected chi connectivity index (χ3v) is 9.15. The van der Waals surface area contributed by atoms with E-state index >= 15 is 0 Å². The van der Waals surface area contributed by atoms with E-state index in [0.717, 1.165) is 22.7 Å². The van der Waals surface area contributed by atoms with Crippen molar-refractivity contribution in [2.24, 2.45) is 0 Å². The van der Waals surface area contributed by atoms with Crippen LogP contribution in [0.5, 0.6) is 0 Å². The van der Waals surface area contributed by atoms with Crippen molar-refractivity contribution >= 4 is 49.6 Å². The molecule has 0 bridgehead atoms. The first-order chi connectivity index (χ1) is 22.5. The lowest BCUT2D eigenvalue weighted by Gasteiger charge is -2.27. The van der Waals surface area contributed by atoms with E-state index in [1.165, 1.54) is 49.3 Å².